The molecule has 0 fully saturated rings. The van der Waals surface area contributed by atoms with Crippen LogP contribution in [-0.4, -0.2) is 36.6 Å². The topological polar surface area (TPSA) is 136 Å². The van der Waals surface area contributed by atoms with Gasteiger partial charge in [-0.3, -0.25) is 19.7 Å². The fourth-order valence-electron chi connectivity index (χ4n) is 1.91. The zero-order chi connectivity index (χ0) is 19.6. The van der Waals surface area contributed by atoms with E-state index in [0.29, 0.717) is 5.75 Å². The van der Waals surface area contributed by atoms with Gasteiger partial charge in [-0.15, -0.1) is 0 Å². The van der Waals surface area contributed by atoms with Gasteiger partial charge in [-0.25, -0.2) is 5.43 Å². The molecule has 0 unspecified atom stereocenters. The first-order valence-corrected chi connectivity index (χ1v) is 7.64. The normalized spacial score (nSPS) is 10.9. The van der Waals surface area contributed by atoms with E-state index in [1.807, 2.05) is 6.07 Å². The largest absolute Gasteiger partial charge is 0.496 e. The zero-order valence-electron chi connectivity index (χ0n) is 14.2. The molecule has 0 saturated carbocycles. The average Bonchev–Trinajstić information content (AvgIpc) is 3.14. The van der Waals surface area contributed by atoms with Crippen LogP contribution in [0.4, 0.5) is 5.88 Å². The summed E-state index contributed by atoms with van der Waals surface area (Å²) in [7, 11) is 1.53. The average molecular weight is 372 g/mol. The summed E-state index contributed by atoms with van der Waals surface area (Å²) in [4.78, 5) is 33.1. The van der Waals surface area contributed by atoms with Crippen molar-refractivity contribution in [1.82, 2.24) is 10.7 Å². The second-order valence-corrected chi connectivity index (χ2v) is 5.02. The van der Waals surface area contributed by atoms with Crippen molar-refractivity contribution in [2.45, 2.75) is 0 Å². The lowest BCUT2D eigenvalue weighted by Gasteiger charge is -2.03. The van der Waals surface area contributed by atoms with E-state index in [1.54, 1.807) is 24.3 Å². The number of methoxy groups -OCH3 is 1. The third kappa shape index (κ3) is 6.12. The second-order valence-electron chi connectivity index (χ2n) is 5.02. The second kappa shape index (κ2) is 9.51. The van der Waals surface area contributed by atoms with Crippen LogP contribution >= 0.6 is 0 Å². The molecule has 0 bridgehead atoms. The summed E-state index contributed by atoms with van der Waals surface area (Å²) in [5, 5.41) is 16.4. The van der Waals surface area contributed by atoms with Gasteiger partial charge >= 0.3 is 5.88 Å². The summed E-state index contributed by atoms with van der Waals surface area (Å²) in [5.41, 5.74) is 2.88. The fraction of sp³-hybridized carbons (Fsp3) is 0.118. The van der Waals surface area contributed by atoms with Crippen LogP contribution in [0.1, 0.15) is 11.3 Å². The molecule has 10 nitrogen and oxygen atoms in total. The first kappa shape index (κ1) is 19.4. The Labute approximate surface area is 153 Å². The Kier molecular flexibility index (Phi) is 6.83. The Morgan fingerprint density at radius 1 is 1.30 bits per heavy atom. The standard InChI is InChI=1S/C17H16N4O6/c1-26-14-5-3-2-4-12(14)6-8-15(22)18-11-16(23)20-19-10-13-7-9-17(27-13)21(24)25/h2-10H,11H2,1H3,(H,18,22)(H,20,23)/b8-6+,19-10-. The van der Waals surface area contributed by atoms with Crippen molar-refractivity contribution < 1.29 is 23.7 Å². The van der Waals surface area contributed by atoms with Crippen LogP contribution in [-0.2, 0) is 9.59 Å². The Morgan fingerprint density at radius 3 is 2.78 bits per heavy atom. The first-order valence-electron chi connectivity index (χ1n) is 7.64. The molecule has 0 atom stereocenters. The number of nitrogens with zero attached hydrogens (tertiary/aromatic N) is 2. The van der Waals surface area contributed by atoms with Gasteiger partial charge in [0.2, 0.25) is 5.91 Å². The maximum absolute atomic E-state index is 11.7. The minimum Gasteiger partial charge on any atom is -0.496 e. The molecular formula is C17H16N4O6. The van der Waals surface area contributed by atoms with Crippen molar-refractivity contribution in [3.63, 3.8) is 0 Å². The van der Waals surface area contributed by atoms with Gasteiger partial charge in [-0.2, -0.15) is 5.10 Å². The maximum Gasteiger partial charge on any atom is 0.433 e. The van der Waals surface area contributed by atoms with E-state index in [-0.39, 0.29) is 12.3 Å². The number of para-hydroxylation sites is 1. The monoisotopic (exact) mass is 372 g/mol. The van der Waals surface area contributed by atoms with Crippen LogP contribution in [0.25, 0.3) is 6.08 Å². The molecule has 0 radical (unpaired) electrons. The molecule has 1 aromatic carbocycles. The van der Waals surface area contributed by atoms with Gasteiger partial charge in [-0.05, 0) is 18.2 Å². The molecule has 10 heteroatoms. The van der Waals surface area contributed by atoms with Crippen LogP contribution < -0.4 is 15.5 Å². The van der Waals surface area contributed by atoms with E-state index in [0.717, 1.165) is 17.8 Å². The third-order valence-corrected chi connectivity index (χ3v) is 3.15. The number of rotatable bonds is 8. The van der Waals surface area contributed by atoms with Gasteiger partial charge in [0.25, 0.3) is 5.91 Å². The van der Waals surface area contributed by atoms with Gasteiger partial charge in [0, 0.05) is 11.6 Å². The highest BCUT2D eigenvalue weighted by molar-refractivity contribution is 5.94. The molecule has 2 amide bonds. The lowest BCUT2D eigenvalue weighted by Crippen LogP contribution is -2.34. The molecule has 0 spiro atoms. The summed E-state index contributed by atoms with van der Waals surface area (Å²) in [6.45, 7) is -0.301. The highest BCUT2D eigenvalue weighted by Crippen LogP contribution is 2.18. The van der Waals surface area contributed by atoms with Gasteiger partial charge in [-0.1, -0.05) is 18.2 Å². The predicted molar refractivity (Wildman–Crippen MR) is 96.1 cm³/mol. The molecule has 0 aliphatic heterocycles. The number of carbonyl (C=O) groups excluding carboxylic acids is 2. The first-order chi connectivity index (χ1) is 13.0. The number of hydrogen-bond donors (Lipinski definition) is 2. The number of ether oxygens (including phenoxy) is 1. The van der Waals surface area contributed by atoms with E-state index in [4.69, 9.17) is 9.15 Å². The van der Waals surface area contributed by atoms with Crippen molar-refractivity contribution >= 4 is 30.0 Å². The minimum absolute atomic E-state index is 0.103. The molecule has 0 aliphatic rings. The summed E-state index contributed by atoms with van der Waals surface area (Å²) in [6.07, 6.45) is 3.94. The van der Waals surface area contributed by atoms with Crippen molar-refractivity contribution in [2.75, 3.05) is 13.7 Å². The molecule has 2 N–H and O–H groups in total. The molecule has 2 aromatic rings. The lowest BCUT2D eigenvalue weighted by molar-refractivity contribution is -0.402. The minimum atomic E-state index is -0.690. The summed E-state index contributed by atoms with van der Waals surface area (Å²) in [5.74, 6) is -0.762. The van der Waals surface area contributed by atoms with Crippen LogP contribution in [0.15, 0.2) is 52.0 Å². The molecule has 27 heavy (non-hydrogen) atoms. The van der Waals surface area contributed by atoms with Gasteiger partial charge < -0.3 is 14.5 Å². The Bertz CT molecular complexity index is 887. The van der Waals surface area contributed by atoms with Crippen molar-refractivity contribution in [2.24, 2.45) is 5.10 Å². The van der Waals surface area contributed by atoms with Crippen LogP contribution in [0.2, 0.25) is 0 Å². The zero-order valence-corrected chi connectivity index (χ0v) is 14.2. The molecule has 1 heterocycles. The number of hydrazone groups is 1. The van der Waals surface area contributed by atoms with E-state index < -0.39 is 22.6 Å². The highest BCUT2D eigenvalue weighted by Gasteiger charge is 2.10. The SMILES string of the molecule is COc1ccccc1/C=C/C(=O)NCC(=O)N/N=C\c1ccc([N+](=O)[O-])o1. The van der Waals surface area contributed by atoms with E-state index >= 15 is 0 Å². The summed E-state index contributed by atoms with van der Waals surface area (Å²) >= 11 is 0. The predicted octanol–water partition coefficient (Wildman–Crippen LogP) is 1.48. The number of furan rings is 1. The van der Waals surface area contributed by atoms with Crippen molar-refractivity contribution in [3.8, 4) is 5.75 Å². The van der Waals surface area contributed by atoms with E-state index in [1.165, 1.54) is 19.3 Å². The molecule has 140 valence electrons. The smallest absolute Gasteiger partial charge is 0.433 e. The molecule has 2 rings (SSSR count). The fourth-order valence-corrected chi connectivity index (χ4v) is 1.91. The van der Waals surface area contributed by atoms with E-state index in [2.05, 4.69) is 15.8 Å². The Balaban J connectivity index is 1.77. The number of nitro groups is 1. The lowest BCUT2D eigenvalue weighted by atomic mass is 10.2. The molecule has 0 aliphatic carbocycles. The van der Waals surface area contributed by atoms with Gasteiger partial charge in [0.05, 0.1) is 25.9 Å². The number of carbonyl (C=O) groups is 2. The van der Waals surface area contributed by atoms with Crippen LogP contribution in [0.3, 0.4) is 0 Å². The number of amides is 2. The van der Waals surface area contributed by atoms with Crippen LogP contribution in [0, 0.1) is 10.1 Å². The van der Waals surface area contributed by atoms with Gasteiger partial charge in [0.15, 0.2) is 5.76 Å². The third-order valence-electron chi connectivity index (χ3n) is 3.15. The molecular weight excluding hydrogens is 356 g/mol. The van der Waals surface area contributed by atoms with Crippen LogP contribution in [0.5, 0.6) is 5.75 Å². The van der Waals surface area contributed by atoms with E-state index in [9.17, 15) is 19.7 Å². The van der Waals surface area contributed by atoms with Crippen molar-refractivity contribution in [3.05, 3.63) is 63.9 Å². The number of nitrogens with one attached hydrogen (secondary N) is 2. The Hall–Kier alpha value is -3.95. The van der Waals surface area contributed by atoms with Gasteiger partial charge in [0.1, 0.15) is 10.7 Å². The molecule has 0 saturated heterocycles. The maximum atomic E-state index is 11.7. The molecule has 1 aromatic heterocycles. The number of benzene rings is 1. The summed E-state index contributed by atoms with van der Waals surface area (Å²) in [6, 6.07) is 9.65. The summed E-state index contributed by atoms with van der Waals surface area (Å²) < 4.78 is 9.99. The number of hydrogen-bond acceptors (Lipinski definition) is 7. The van der Waals surface area contributed by atoms with Crippen molar-refractivity contribution in [1.29, 1.82) is 0 Å². The highest BCUT2D eigenvalue weighted by atomic mass is 16.6. The Morgan fingerprint density at radius 2 is 2.07 bits per heavy atom. The quantitative estimate of drug-likeness (QED) is 0.312.